The molecule has 1 unspecified atom stereocenters. The van der Waals surface area contributed by atoms with Gasteiger partial charge in [-0.05, 0) is 48.9 Å². The van der Waals surface area contributed by atoms with Crippen LogP contribution in [0.25, 0.3) is 0 Å². The molecule has 2 aromatic heterocycles. The van der Waals surface area contributed by atoms with Crippen LogP contribution in [0.3, 0.4) is 0 Å². The predicted molar refractivity (Wildman–Crippen MR) is 164 cm³/mol. The quantitative estimate of drug-likeness (QED) is 0.273. The number of carbonyl (C=O) groups excluding carboxylic acids is 3. The van der Waals surface area contributed by atoms with Crippen molar-refractivity contribution in [2.45, 2.75) is 25.4 Å². The number of nitrogens with zero attached hydrogens (tertiary/aromatic N) is 7. The summed E-state index contributed by atoms with van der Waals surface area (Å²) >= 11 is 0. The Balaban J connectivity index is 1.02. The lowest BCUT2D eigenvalue weighted by Gasteiger charge is -2.36. The van der Waals surface area contributed by atoms with Crippen LogP contribution >= 0.6 is 0 Å². The molecule has 2 saturated heterocycles. The van der Waals surface area contributed by atoms with Gasteiger partial charge in [-0.25, -0.2) is 15.0 Å². The minimum absolute atomic E-state index is 0.210. The molecule has 13 nitrogen and oxygen atoms in total. The van der Waals surface area contributed by atoms with Crippen molar-refractivity contribution in [3.63, 3.8) is 0 Å². The number of amides is 3. The van der Waals surface area contributed by atoms with Gasteiger partial charge in [-0.15, -0.1) is 0 Å². The number of imide groups is 1. The number of benzene rings is 2. The third-order valence-electron chi connectivity index (χ3n) is 8.08. The van der Waals surface area contributed by atoms with Gasteiger partial charge < -0.3 is 25.3 Å². The fraction of sp³-hybridized carbons (Fsp3) is 0.258. The molecule has 44 heavy (non-hydrogen) atoms. The van der Waals surface area contributed by atoms with Gasteiger partial charge in [0.05, 0.1) is 0 Å². The second-order valence-corrected chi connectivity index (χ2v) is 10.8. The molecule has 3 N–H and O–H groups in total. The molecule has 0 bridgehead atoms. The lowest BCUT2D eigenvalue weighted by Crippen LogP contribution is -2.52. The van der Waals surface area contributed by atoms with Crippen molar-refractivity contribution in [3.8, 4) is 0 Å². The molecule has 2 aromatic carbocycles. The Labute approximate surface area is 253 Å². The maximum Gasteiger partial charge on any atom is 0.255 e. The van der Waals surface area contributed by atoms with Crippen molar-refractivity contribution in [1.82, 2.24) is 30.2 Å². The van der Waals surface area contributed by atoms with Gasteiger partial charge >= 0.3 is 0 Å². The van der Waals surface area contributed by atoms with Gasteiger partial charge in [-0.2, -0.15) is 4.98 Å². The Morgan fingerprint density at radius 3 is 2.43 bits per heavy atom. The number of piperazine rings is 1. The van der Waals surface area contributed by atoms with Crippen molar-refractivity contribution in [3.05, 3.63) is 84.3 Å². The zero-order chi connectivity index (χ0) is 30.0. The fourth-order valence-electron chi connectivity index (χ4n) is 5.86. The summed E-state index contributed by atoms with van der Waals surface area (Å²) in [5, 5.41) is 8.98. The Kier molecular flexibility index (Phi) is 7.18. The van der Waals surface area contributed by atoms with Crippen molar-refractivity contribution >= 4 is 52.5 Å². The third kappa shape index (κ3) is 5.46. The molecule has 7 rings (SSSR count). The minimum atomic E-state index is -0.673. The molecule has 5 heterocycles. The van der Waals surface area contributed by atoms with E-state index in [1.54, 1.807) is 36.8 Å². The average Bonchev–Trinajstić information content (AvgIpc) is 3.38. The largest absolute Gasteiger partial charge is 0.368 e. The number of fused-ring (bicyclic) bond motifs is 1. The van der Waals surface area contributed by atoms with Gasteiger partial charge in [0.1, 0.15) is 11.9 Å². The SMILES string of the molecule is O=C1CCC(N2Cc3c(Nc4ccnc(Nc5cccc(N6CCN(c7ncccn7)CC6)c5)n4)cccc3C2=O)C(=O)N1. The van der Waals surface area contributed by atoms with Crippen molar-refractivity contribution in [2.75, 3.05) is 46.6 Å². The van der Waals surface area contributed by atoms with E-state index in [-0.39, 0.29) is 24.8 Å². The molecule has 3 aliphatic heterocycles. The van der Waals surface area contributed by atoms with Crippen molar-refractivity contribution < 1.29 is 14.4 Å². The Bertz CT molecular complexity index is 1730. The molecular formula is C31H30N10O3. The van der Waals surface area contributed by atoms with E-state index in [4.69, 9.17) is 0 Å². The van der Waals surface area contributed by atoms with E-state index in [1.165, 1.54) is 4.90 Å². The lowest BCUT2D eigenvalue weighted by molar-refractivity contribution is -0.136. The maximum atomic E-state index is 13.2. The molecule has 3 amide bonds. The van der Waals surface area contributed by atoms with E-state index in [2.05, 4.69) is 57.8 Å². The van der Waals surface area contributed by atoms with Crippen LogP contribution in [-0.2, 0) is 16.1 Å². The van der Waals surface area contributed by atoms with Crippen LogP contribution in [0.2, 0.25) is 0 Å². The third-order valence-corrected chi connectivity index (χ3v) is 8.08. The highest BCUT2D eigenvalue weighted by molar-refractivity contribution is 6.06. The second-order valence-electron chi connectivity index (χ2n) is 10.8. The van der Waals surface area contributed by atoms with Crippen molar-refractivity contribution in [2.24, 2.45) is 0 Å². The lowest BCUT2D eigenvalue weighted by atomic mass is 10.0. The molecule has 0 radical (unpaired) electrons. The summed E-state index contributed by atoms with van der Waals surface area (Å²) in [4.78, 5) is 61.1. The number of rotatable bonds is 7. The molecule has 13 heteroatoms. The summed E-state index contributed by atoms with van der Waals surface area (Å²) in [6.07, 6.45) is 5.72. The molecule has 222 valence electrons. The maximum absolute atomic E-state index is 13.2. The zero-order valence-electron chi connectivity index (χ0n) is 23.8. The summed E-state index contributed by atoms with van der Waals surface area (Å²) in [6.45, 7) is 3.63. The van der Waals surface area contributed by atoms with E-state index in [0.717, 1.165) is 54.8 Å². The topological polar surface area (TPSA) is 149 Å². The van der Waals surface area contributed by atoms with E-state index >= 15 is 0 Å². The van der Waals surface area contributed by atoms with Crippen LogP contribution in [0.15, 0.2) is 73.2 Å². The predicted octanol–water partition coefficient (Wildman–Crippen LogP) is 2.84. The van der Waals surface area contributed by atoms with Crippen LogP contribution < -0.4 is 25.8 Å². The Hall–Kier alpha value is -5.59. The summed E-state index contributed by atoms with van der Waals surface area (Å²) in [6, 6.07) is 16.5. The smallest absolute Gasteiger partial charge is 0.255 e. The highest BCUT2D eigenvalue weighted by Gasteiger charge is 2.39. The van der Waals surface area contributed by atoms with Gasteiger partial charge in [-0.3, -0.25) is 19.7 Å². The summed E-state index contributed by atoms with van der Waals surface area (Å²) < 4.78 is 0. The van der Waals surface area contributed by atoms with Gasteiger partial charge in [0.2, 0.25) is 23.7 Å². The first-order valence-electron chi connectivity index (χ1n) is 14.5. The minimum Gasteiger partial charge on any atom is -0.368 e. The van der Waals surface area contributed by atoms with E-state index < -0.39 is 11.9 Å². The first-order chi connectivity index (χ1) is 21.5. The summed E-state index contributed by atoms with van der Waals surface area (Å²) in [7, 11) is 0. The molecular weight excluding hydrogens is 560 g/mol. The highest BCUT2D eigenvalue weighted by Crippen LogP contribution is 2.33. The highest BCUT2D eigenvalue weighted by atomic mass is 16.2. The Morgan fingerprint density at radius 2 is 1.61 bits per heavy atom. The molecule has 1 atom stereocenters. The Morgan fingerprint density at radius 1 is 0.818 bits per heavy atom. The van der Waals surface area contributed by atoms with Crippen LogP contribution in [0.1, 0.15) is 28.8 Å². The number of carbonyl (C=O) groups is 3. The average molecular weight is 591 g/mol. The van der Waals surface area contributed by atoms with Gasteiger partial charge in [0.25, 0.3) is 5.91 Å². The molecule has 0 aliphatic carbocycles. The zero-order valence-corrected chi connectivity index (χ0v) is 23.8. The molecule has 0 spiro atoms. The first kappa shape index (κ1) is 27.3. The monoisotopic (exact) mass is 590 g/mol. The van der Waals surface area contributed by atoms with E-state index in [0.29, 0.717) is 23.8 Å². The van der Waals surface area contributed by atoms with Crippen LogP contribution in [0, 0.1) is 0 Å². The van der Waals surface area contributed by atoms with Gasteiger partial charge in [0.15, 0.2) is 0 Å². The molecule has 3 aliphatic rings. The van der Waals surface area contributed by atoms with Crippen LogP contribution in [-0.4, -0.2) is 74.8 Å². The molecule has 4 aromatic rings. The number of hydrogen-bond donors (Lipinski definition) is 3. The standard InChI is InChI=1S/C31H30N10O3/c42-27-9-8-25(28(43)38-27)41-19-23-22(29(41)44)6-2-7-24(23)36-26-10-13-32-30(37-26)35-20-4-1-5-21(18-20)39-14-16-40(17-15-39)31-33-11-3-12-34-31/h1-7,10-13,18,25H,8-9,14-17,19H2,(H,38,42,43)(H2,32,35,36,37). The first-order valence-corrected chi connectivity index (χ1v) is 14.5. The van der Waals surface area contributed by atoms with Gasteiger partial charge in [0, 0.05) is 85.9 Å². The molecule has 2 fully saturated rings. The fourth-order valence-corrected chi connectivity index (χ4v) is 5.86. The number of nitrogens with one attached hydrogen (secondary N) is 3. The summed E-state index contributed by atoms with van der Waals surface area (Å²) in [5.41, 5.74) is 3.99. The van der Waals surface area contributed by atoms with Crippen LogP contribution in [0.5, 0.6) is 0 Å². The van der Waals surface area contributed by atoms with Crippen LogP contribution in [0.4, 0.5) is 34.8 Å². The normalized spacial score (nSPS) is 18.2. The van der Waals surface area contributed by atoms with Gasteiger partial charge in [-0.1, -0.05) is 12.1 Å². The van der Waals surface area contributed by atoms with Crippen molar-refractivity contribution in [1.29, 1.82) is 0 Å². The second kappa shape index (κ2) is 11.6. The number of hydrogen-bond acceptors (Lipinski definition) is 11. The number of piperidine rings is 1. The number of anilines is 6. The molecule has 0 saturated carbocycles. The van der Waals surface area contributed by atoms with E-state index in [1.807, 2.05) is 24.3 Å². The van der Waals surface area contributed by atoms with E-state index in [9.17, 15) is 14.4 Å². The summed E-state index contributed by atoms with van der Waals surface area (Å²) in [5.74, 6) is 0.765. The number of aromatic nitrogens is 4.